The lowest BCUT2D eigenvalue weighted by atomic mass is 10.2. The average Bonchev–Trinajstić information content (AvgIpc) is 2.09. The molecule has 1 atom stereocenters. The fourth-order valence-electron chi connectivity index (χ4n) is 0.817. The molecule has 0 aromatic carbocycles. The van der Waals surface area contributed by atoms with E-state index < -0.39 is 14.4 Å². The Morgan fingerprint density at radius 2 is 1.94 bits per heavy atom. The minimum absolute atomic E-state index is 0.127. The SMILES string of the molecule is C#CC(CO[Si](C)(C)C(C)(C)C)OC(C)=O. The third kappa shape index (κ3) is 4.82. The van der Waals surface area contributed by atoms with Gasteiger partial charge in [0, 0.05) is 6.92 Å². The first-order valence-corrected chi connectivity index (χ1v) is 8.28. The van der Waals surface area contributed by atoms with Gasteiger partial charge in [0.1, 0.15) is 0 Å². The summed E-state index contributed by atoms with van der Waals surface area (Å²) in [5.74, 6) is 2.04. The van der Waals surface area contributed by atoms with E-state index in [1.807, 2.05) is 0 Å². The second kappa shape index (κ2) is 5.51. The summed E-state index contributed by atoms with van der Waals surface area (Å²) in [7, 11) is -1.82. The molecule has 0 fully saturated rings. The molecule has 0 saturated heterocycles. The molecule has 3 nitrogen and oxygen atoms in total. The van der Waals surface area contributed by atoms with Gasteiger partial charge >= 0.3 is 5.97 Å². The van der Waals surface area contributed by atoms with Crippen LogP contribution >= 0.6 is 0 Å². The number of esters is 1. The molecule has 0 spiro atoms. The van der Waals surface area contributed by atoms with Crippen molar-refractivity contribution in [3.05, 3.63) is 0 Å². The van der Waals surface area contributed by atoms with Crippen LogP contribution in [0.5, 0.6) is 0 Å². The van der Waals surface area contributed by atoms with E-state index in [4.69, 9.17) is 15.6 Å². The molecule has 92 valence electrons. The normalized spacial score (nSPS) is 14.1. The molecule has 0 radical (unpaired) electrons. The van der Waals surface area contributed by atoms with Gasteiger partial charge in [-0.25, -0.2) is 0 Å². The Hall–Kier alpha value is -0.793. The molecule has 0 aliphatic heterocycles. The van der Waals surface area contributed by atoms with E-state index in [0.717, 1.165) is 0 Å². The maximum absolute atomic E-state index is 10.8. The molecular weight excluding hydrogens is 220 g/mol. The molecule has 0 aromatic rings. The highest BCUT2D eigenvalue weighted by atomic mass is 28.4. The van der Waals surface area contributed by atoms with Crippen LogP contribution in [0.2, 0.25) is 18.1 Å². The number of rotatable bonds is 4. The zero-order valence-corrected chi connectivity index (χ0v) is 12.1. The van der Waals surface area contributed by atoms with Gasteiger partial charge < -0.3 is 9.16 Å². The van der Waals surface area contributed by atoms with Crippen LogP contribution in [0.25, 0.3) is 0 Å². The van der Waals surface area contributed by atoms with Crippen molar-refractivity contribution in [3.8, 4) is 12.3 Å². The number of hydrogen-bond acceptors (Lipinski definition) is 3. The van der Waals surface area contributed by atoms with E-state index in [-0.39, 0.29) is 17.6 Å². The van der Waals surface area contributed by atoms with Crippen LogP contribution in [-0.4, -0.2) is 27.0 Å². The fraction of sp³-hybridized carbons (Fsp3) is 0.750. The molecule has 0 amide bonds. The summed E-state index contributed by atoms with van der Waals surface area (Å²) in [4.78, 5) is 10.8. The van der Waals surface area contributed by atoms with Gasteiger partial charge in [0.2, 0.25) is 0 Å². The first kappa shape index (κ1) is 15.2. The Morgan fingerprint density at radius 3 is 2.25 bits per heavy atom. The topological polar surface area (TPSA) is 35.5 Å². The van der Waals surface area contributed by atoms with Gasteiger partial charge in [-0.15, -0.1) is 6.42 Å². The summed E-state index contributed by atoms with van der Waals surface area (Å²) < 4.78 is 10.8. The Balaban J connectivity index is 4.33. The van der Waals surface area contributed by atoms with Crippen molar-refractivity contribution in [2.75, 3.05) is 6.61 Å². The largest absolute Gasteiger partial charge is 0.447 e. The summed E-state index contributed by atoms with van der Waals surface area (Å²) in [5, 5.41) is 0.127. The smallest absolute Gasteiger partial charge is 0.303 e. The predicted molar refractivity (Wildman–Crippen MR) is 67.5 cm³/mol. The molecule has 0 bridgehead atoms. The summed E-state index contributed by atoms with van der Waals surface area (Å²) in [6.45, 7) is 12.3. The lowest BCUT2D eigenvalue weighted by molar-refractivity contribution is -0.144. The summed E-state index contributed by atoms with van der Waals surface area (Å²) in [6, 6.07) is 0. The van der Waals surface area contributed by atoms with E-state index in [1.54, 1.807) is 0 Å². The second-order valence-electron chi connectivity index (χ2n) is 5.34. The van der Waals surface area contributed by atoms with Crippen molar-refractivity contribution < 1.29 is 14.0 Å². The van der Waals surface area contributed by atoms with Crippen LogP contribution in [0, 0.1) is 12.3 Å². The Kier molecular flexibility index (Phi) is 5.24. The summed E-state index contributed by atoms with van der Waals surface area (Å²) in [5.41, 5.74) is 0. The Bertz CT molecular complexity index is 284. The van der Waals surface area contributed by atoms with Crippen LogP contribution in [0.15, 0.2) is 0 Å². The molecule has 0 aliphatic carbocycles. The summed E-state index contributed by atoms with van der Waals surface area (Å²) in [6.07, 6.45) is 4.69. The maximum atomic E-state index is 10.8. The summed E-state index contributed by atoms with van der Waals surface area (Å²) >= 11 is 0. The molecule has 16 heavy (non-hydrogen) atoms. The molecule has 0 aliphatic rings. The molecule has 0 saturated carbocycles. The van der Waals surface area contributed by atoms with E-state index in [9.17, 15) is 4.79 Å². The van der Waals surface area contributed by atoms with Gasteiger partial charge in [-0.05, 0) is 18.1 Å². The standard InChI is InChI=1S/C12H22O3Si/c1-8-11(15-10(2)13)9-14-16(6,7)12(3,4)5/h1,11H,9H2,2-7H3. The number of ether oxygens (including phenoxy) is 1. The first-order chi connectivity index (χ1) is 7.10. The molecular formula is C12H22O3Si. The molecule has 0 N–H and O–H groups in total. The first-order valence-electron chi connectivity index (χ1n) is 5.37. The Labute approximate surface area is 99.6 Å². The zero-order chi connectivity index (χ0) is 13.0. The molecule has 0 aromatic heterocycles. The van der Waals surface area contributed by atoms with Crippen LogP contribution in [0.4, 0.5) is 0 Å². The van der Waals surface area contributed by atoms with Gasteiger partial charge in [0.25, 0.3) is 0 Å². The van der Waals surface area contributed by atoms with E-state index in [2.05, 4.69) is 39.8 Å². The zero-order valence-electron chi connectivity index (χ0n) is 11.1. The van der Waals surface area contributed by atoms with Crippen molar-refractivity contribution in [1.29, 1.82) is 0 Å². The van der Waals surface area contributed by atoms with Gasteiger partial charge in [-0.2, -0.15) is 0 Å². The van der Waals surface area contributed by atoms with Crippen LogP contribution in [-0.2, 0) is 14.0 Å². The number of carbonyl (C=O) groups is 1. The highest BCUT2D eigenvalue weighted by Gasteiger charge is 2.37. The highest BCUT2D eigenvalue weighted by Crippen LogP contribution is 2.36. The monoisotopic (exact) mass is 242 g/mol. The number of carbonyl (C=O) groups excluding carboxylic acids is 1. The molecule has 0 rings (SSSR count). The van der Waals surface area contributed by atoms with Gasteiger partial charge in [0.05, 0.1) is 6.61 Å². The molecule has 4 heteroatoms. The van der Waals surface area contributed by atoms with Gasteiger partial charge in [0.15, 0.2) is 14.4 Å². The third-order valence-corrected chi connectivity index (χ3v) is 7.40. The van der Waals surface area contributed by atoms with E-state index >= 15 is 0 Å². The Morgan fingerprint density at radius 1 is 1.44 bits per heavy atom. The predicted octanol–water partition coefficient (Wildman–Crippen LogP) is 2.57. The molecule has 1 unspecified atom stereocenters. The quantitative estimate of drug-likeness (QED) is 0.432. The minimum atomic E-state index is -1.82. The van der Waals surface area contributed by atoms with E-state index in [0.29, 0.717) is 0 Å². The second-order valence-corrected chi connectivity index (χ2v) is 10.1. The van der Waals surface area contributed by atoms with E-state index in [1.165, 1.54) is 6.92 Å². The van der Waals surface area contributed by atoms with Crippen molar-refractivity contribution in [3.63, 3.8) is 0 Å². The number of terminal acetylenes is 1. The fourth-order valence-corrected chi connectivity index (χ4v) is 1.82. The highest BCUT2D eigenvalue weighted by molar-refractivity contribution is 6.74. The average molecular weight is 242 g/mol. The van der Waals surface area contributed by atoms with Crippen molar-refractivity contribution >= 4 is 14.3 Å². The maximum Gasteiger partial charge on any atom is 0.303 e. The van der Waals surface area contributed by atoms with Crippen LogP contribution < -0.4 is 0 Å². The van der Waals surface area contributed by atoms with Gasteiger partial charge in [-0.3, -0.25) is 4.79 Å². The molecule has 0 heterocycles. The minimum Gasteiger partial charge on any atom is -0.447 e. The lowest BCUT2D eigenvalue weighted by Gasteiger charge is -2.36. The van der Waals surface area contributed by atoms with Crippen LogP contribution in [0.3, 0.4) is 0 Å². The number of hydrogen-bond donors (Lipinski definition) is 0. The van der Waals surface area contributed by atoms with Crippen LogP contribution in [0.1, 0.15) is 27.7 Å². The third-order valence-electron chi connectivity index (χ3n) is 2.90. The lowest BCUT2D eigenvalue weighted by Crippen LogP contribution is -2.43. The van der Waals surface area contributed by atoms with Crippen molar-refractivity contribution in [2.24, 2.45) is 0 Å². The van der Waals surface area contributed by atoms with Gasteiger partial charge in [-0.1, -0.05) is 26.7 Å². The van der Waals surface area contributed by atoms with Crippen molar-refractivity contribution in [1.82, 2.24) is 0 Å². The van der Waals surface area contributed by atoms with Crippen molar-refractivity contribution in [2.45, 2.75) is 51.9 Å².